The van der Waals surface area contributed by atoms with Gasteiger partial charge in [-0.05, 0) is 67.3 Å². The molecule has 1 aliphatic rings. The van der Waals surface area contributed by atoms with E-state index < -0.39 is 35.8 Å². The van der Waals surface area contributed by atoms with Crippen molar-refractivity contribution >= 4 is 99.8 Å². The Hall–Kier alpha value is -6.49. The van der Waals surface area contributed by atoms with Crippen molar-refractivity contribution in [1.29, 1.82) is 0 Å². The second-order valence-corrected chi connectivity index (χ2v) is 14.3. The van der Waals surface area contributed by atoms with E-state index in [2.05, 4.69) is 117 Å². The summed E-state index contributed by atoms with van der Waals surface area (Å²) in [7, 11) is 3.74. The molecule has 0 saturated carbocycles. The summed E-state index contributed by atoms with van der Waals surface area (Å²) in [5, 5.41) is 21.2. The van der Waals surface area contributed by atoms with Gasteiger partial charge >= 0.3 is 31.9 Å². The summed E-state index contributed by atoms with van der Waals surface area (Å²) in [6.07, 6.45) is 5.84. The van der Waals surface area contributed by atoms with Gasteiger partial charge in [-0.25, -0.2) is 42.7 Å². The van der Waals surface area contributed by atoms with Crippen molar-refractivity contribution in [2.75, 3.05) is 17.2 Å². The molecule has 315 valence electrons. The van der Waals surface area contributed by atoms with E-state index >= 15 is 0 Å². The van der Waals surface area contributed by atoms with E-state index in [9.17, 15) is 13.2 Å². The average molecular weight is 991 g/mol. The van der Waals surface area contributed by atoms with Crippen LogP contribution in [0.2, 0.25) is 0 Å². The number of benzene rings is 3. The van der Waals surface area contributed by atoms with E-state index in [-0.39, 0.29) is 34.9 Å². The number of rotatable bonds is 2. The van der Waals surface area contributed by atoms with Crippen LogP contribution in [0.15, 0.2) is 92.8 Å². The fraction of sp³-hybridized carbons (Fsp3) is 0.167. The Morgan fingerprint density at radius 3 is 1.55 bits per heavy atom. The Balaban J connectivity index is 0.000000274. The van der Waals surface area contributed by atoms with Crippen molar-refractivity contribution in [1.82, 2.24) is 45.5 Å². The van der Waals surface area contributed by atoms with Crippen LogP contribution in [0.1, 0.15) is 27.7 Å². The van der Waals surface area contributed by atoms with Gasteiger partial charge in [0.15, 0.2) is 0 Å². The molecule has 1 saturated heterocycles. The van der Waals surface area contributed by atoms with Crippen molar-refractivity contribution in [3.8, 4) is 11.3 Å². The minimum atomic E-state index is -0.593. The molecule has 6 aromatic rings. The molecule has 0 atom stereocenters. The van der Waals surface area contributed by atoms with E-state index in [1.165, 1.54) is 61.2 Å². The van der Waals surface area contributed by atoms with Crippen molar-refractivity contribution in [3.05, 3.63) is 140 Å². The summed E-state index contributed by atoms with van der Waals surface area (Å²) < 4.78 is 55.0. The van der Waals surface area contributed by atoms with Gasteiger partial charge in [-0.1, -0.05) is 52.3 Å². The smallest absolute Gasteiger partial charge is 0.399 e. The first kappa shape index (κ1) is 51.7. The molecule has 18 nitrogen and oxygen atoms in total. The van der Waals surface area contributed by atoms with Crippen LogP contribution < -0.4 is 22.7 Å². The maximum absolute atomic E-state index is 13.6. The molecule has 0 aliphatic carbocycles. The Kier molecular flexibility index (Phi) is 21.1. The third-order valence-corrected chi connectivity index (χ3v) is 8.50. The van der Waals surface area contributed by atoms with Crippen molar-refractivity contribution in [3.63, 3.8) is 0 Å². The van der Waals surface area contributed by atoms with Gasteiger partial charge in [-0.2, -0.15) is 5.10 Å². The van der Waals surface area contributed by atoms with Crippen LogP contribution >= 0.6 is 44.7 Å². The molecule has 3 aromatic carbocycles. The second-order valence-electron chi connectivity index (χ2n) is 12.4. The van der Waals surface area contributed by atoms with Crippen LogP contribution in [0, 0.1) is 37.2 Å². The number of thiol groups is 1. The predicted molar refractivity (Wildman–Crippen MR) is 238 cm³/mol. The van der Waals surface area contributed by atoms with Gasteiger partial charge in [0.25, 0.3) is 0 Å². The van der Waals surface area contributed by atoms with Crippen molar-refractivity contribution < 1.29 is 22.5 Å². The summed E-state index contributed by atoms with van der Waals surface area (Å²) >= 11 is 9.33. The normalized spacial score (nSPS) is 12.3. The molecule has 62 heavy (non-hydrogen) atoms. The first-order chi connectivity index (χ1) is 29.3. The van der Waals surface area contributed by atoms with Crippen LogP contribution in [0.3, 0.4) is 0 Å². The molecule has 0 spiro atoms. The molecule has 1 fully saturated rings. The number of anilines is 3. The zero-order valence-corrected chi connectivity index (χ0v) is 36.9. The van der Waals surface area contributed by atoms with Crippen molar-refractivity contribution in [2.24, 2.45) is 4.30 Å². The van der Waals surface area contributed by atoms with Crippen LogP contribution in [0.25, 0.3) is 25.8 Å². The van der Waals surface area contributed by atoms with Gasteiger partial charge in [0.2, 0.25) is 34.9 Å². The maximum Gasteiger partial charge on any atom is 0.494 e. The third-order valence-electron chi connectivity index (χ3n) is 7.64. The predicted octanol–water partition coefficient (Wildman–Crippen LogP) is 7.48. The van der Waals surface area contributed by atoms with E-state index in [1.54, 1.807) is 18.2 Å². The summed E-state index contributed by atoms with van der Waals surface area (Å²) in [4.78, 5) is 20.0. The fourth-order valence-corrected chi connectivity index (χ4v) is 4.53. The first-order valence-corrected chi connectivity index (χ1v) is 18.8. The molecule has 6 N–H and O–H groups in total. The molecule has 4 heterocycles. The van der Waals surface area contributed by atoms with Gasteiger partial charge in [0, 0.05) is 10.0 Å². The number of nitrogen functional groups attached to an aromatic ring is 3. The van der Waals surface area contributed by atoms with Crippen LogP contribution in [-0.4, -0.2) is 71.5 Å². The monoisotopic (exact) mass is 989 g/mol. The fourth-order valence-electron chi connectivity index (χ4n) is 4.01. The van der Waals surface area contributed by atoms with Gasteiger partial charge in [-0.15, -0.1) is 25.5 Å². The summed E-state index contributed by atoms with van der Waals surface area (Å²) in [6, 6.07) is 12.9. The molecule has 7 rings (SSSR count). The Labute approximate surface area is 377 Å². The number of nitrogens with zero attached hydrogens (tertiary/aromatic N) is 13. The van der Waals surface area contributed by atoms with Gasteiger partial charge in [0.05, 0.1) is 55.7 Å². The molecule has 0 amide bonds. The zero-order chi connectivity index (χ0) is 46.5. The number of hydrogen-bond acceptors (Lipinski definition) is 16. The number of nitrogens with two attached hydrogens (primary N) is 3. The third kappa shape index (κ3) is 16.9. The standard InChI is InChI=1S/C13H15BFNO2.C10H6FN5.C7H3BrFN.C3H3BrN4.C3H4N4.BHNS/c1-12(2)13(3,4)18-14(17-12)9-6-7-11(16-5)10(15)8-9;1-13-8-3-2-6(4-7(8)11)9-5-14-10(12)16-15-9;1-10-7-3-2-5(8)4-6(7)9;4-2-1-6-3(5)8-7-2;4-3-5-1-2-6-7-3;1-2-3/h6-8H,1-4H3;2-5H,(H2,12,14,16);2-4H;1H,(H2,5,6,8);1-2H,(H2,4,5,7);3H. The maximum atomic E-state index is 13.6. The van der Waals surface area contributed by atoms with Gasteiger partial charge < -0.3 is 26.5 Å². The average Bonchev–Trinajstić information content (AvgIpc) is 3.46. The molecule has 1 aliphatic heterocycles. The Morgan fingerprint density at radius 1 is 0.677 bits per heavy atom. The van der Waals surface area contributed by atoms with Crippen LogP contribution in [0.5, 0.6) is 0 Å². The minimum Gasteiger partial charge on any atom is -0.399 e. The largest absolute Gasteiger partial charge is 0.494 e. The Bertz CT molecular complexity index is 2480. The van der Waals surface area contributed by atoms with E-state index in [4.69, 9.17) is 46.2 Å². The number of halogens is 5. The minimum absolute atomic E-state index is 0.00951. The topological polar surface area (TPSA) is 238 Å². The zero-order valence-electron chi connectivity index (χ0n) is 32.9. The summed E-state index contributed by atoms with van der Waals surface area (Å²) in [6.45, 7) is 27.8. The van der Waals surface area contributed by atoms with Crippen LogP contribution in [0.4, 0.5) is 48.1 Å². The summed E-state index contributed by atoms with van der Waals surface area (Å²) in [5.74, 6) is -1.16. The van der Waals surface area contributed by atoms with E-state index in [1.807, 2.05) is 27.7 Å². The number of aromatic nitrogens is 9. The van der Waals surface area contributed by atoms with E-state index in [0.29, 0.717) is 25.8 Å². The summed E-state index contributed by atoms with van der Waals surface area (Å²) in [5.41, 5.74) is 16.1. The molecule has 1 radical (unpaired) electrons. The van der Waals surface area contributed by atoms with Gasteiger partial charge in [0.1, 0.15) is 27.7 Å². The SMILES string of the molecule is Nc1ncc(Br)nn1.Nc1nccnn1.[B]=NS.[C-]#[N+]c1ccc(-c2cnc(N)nn2)cc1F.[C-]#[N+]c1ccc(B2OC(C)(C)C(C)(C)O2)cc1F.[C-]#[N+]c1ccc(Br)cc1F. The molecule has 3 aromatic heterocycles. The van der Waals surface area contributed by atoms with Crippen LogP contribution in [-0.2, 0) is 9.31 Å². The quantitative estimate of drug-likeness (QED) is 0.0748. The molecule has 0 bridgehead atoms. The molecular formula is C36H32B2Br2F3N16O2S. The first-order valence-electron chi connectivity index (χ1n) is 16.8. The van der Waals surface area contributed by atoms with Gasteiger partial charge in [-0.3, -0.25) is 0 Å². The molecule has 0 unspecified atom stereocenters. The van der Waals surface area contributed by atoms with Crippen molar-refractivity contribution in [2.45, 2.75) is 38.9 Å². The van der Waals surface area contributed by atoms with E-state index in [0.717, 1.165) is 0 Å². The Morgan fingerprint density at radius 2 is 1.16 bits per heavy atom. The number of hydrogen-bond donors (Lipinski definition) is 4. The second kappa shape index (κ2) is 25.3. The molecular weight excluding hydrogens is 959 g/mol. The molecule has 26 heteroatoms.